The molecule has 0 aliphatic carbocycles. The molecule has 0 bridgehead atoms. The summed E-state index contributed by atoms with van der Waals surface area (Å²) in [6, 6.07) is 8.06. The zero-order chi connectivity index (χ0) is 15.8. The summed E-state index contributed by atoms with van der Waals surface area (Å²) in [4.78, 5) is 13.0. The molecule has 0 atom stereocenters. The summed E-state index contributed by atoms with van der Waals surface area (Å²) in [5, 5.41) is 7.05. The summed E-state index contributed by atoms with van der Waals surface area (Å²) in [7, 11) is 0. The second-order valence-electron chi connectivity index (χ2n) is 5.19. The van der Waals surface area contributed by atoms with Crippen LogP contribution in [0.1, 0.15) is 41.5 Å². The van der Waals surface area contributed by atoms with E-state index in [-0.39, 0.29) is 5.91 Å². The van der Waals surface area contributed by atoms with E-state index in [1.807, 2.05) is 18.2 Å². The Balaban J connectivity index is 1.79. The Hall–Kier alpha value is -1.79. The number of hydrogen-bond donors (Lipinski definition) is 2. The number of carbonyl (C=O) groups is 1. The van der Waals surface area contributed by atoms with E-state index in [2.05, 4.69) is 27.9 Å². The van der Waals surface area contributed by atoms with Crippen molar-refractivity contribution >= 4 is 17.4 Å². The van der Waals surface area contributed by atoms with Crippen LogP contribution in [-0.2, 0) is 30.7 Å². The van der Waals surface area contributed by atoms with Gasteiger partial charge in [-0.15, -0.1) is 5.10 Å². The Labute approximate surface area is 135 Å². The zero-order valence-electron chi connectivity index (χ0n) is 12.8. The van der Waals surface area contributed by atoms with Crippen LogP contribution in [0.2, 0.25) is 0 Å². The highest BCUT2D eigenvalue weighted by Gasteiger charge is 2.09. The highest BCUT2D eigenvalue weighted by Crippen LogP contribution is 2.12. The molecular weight excluding hydrogens is 296 g/mol. The summed E-state index contributed by atoms with van der Waals surface area (Å²) in [5.41, 5.74) is 8.87. The minimum atomic E-state index is 0.0500. The van der Waals surface area contributed by atoms with Crippen LogP contribution in [0.5, 0.6) is 0 Å². The number of amides is 1. The largest absolute Gasteiger partial charge is 0.351 e. The lowest BCUT2D eigenvalue weighted by Gasteiger charge is -2.06. The molecule has 1 amide bonds. The van der Waals surface area contributed by atoms with Crippen LogP contribution in [0.4, 0.5) is 0 Å². The molecule has 2 rings (SSSR count). The topological polar surface area (TPSA) is 80.9 Å². The third-order valence-corrected chi connectivity index (χ3v) is 4.20. The minimum Gasteiger partial charge on any atom is -0.351 e. The lowest BCUT2D eigenvalue weighted by molar-refractivity contribution is -0.121. The molecule has 22 heavy (non-hydrogen) atoms. The monoisotopic (exact) mass is 318 g/mol. The number of aryl methyl sites for hydroxylation is 2. The van der Waals surface area contributed by atoms with Gasteiger partial charge in [0.25, 0.3) is 0 Å². The van der Waals surface area contributed by atoms with E-state index in [1.54, 1.807) is 0 Å². The molecule has 1 aromatic heterocycles. The molecule has 0 unspecified atom stereocenters. The standard InChI is InChI=1S/C16H22N4OS/c1-2-4-14-15(22-20-19-14)11-18-16(21)8-7-12-5-3-6-13(9-12)10-17/h3,5-6,9H,2,4,7-8,10-11,17H2,1H3,(H,18,21). The molecule has 1 heterocycles. The van der Waals surface area contributed by atoms with Crippen molar-refractivity contribution < 1.29 is 4.79 Å². The van der Waals surface area contributed by atoms with Crippen molar-refractivity contribution in [2.75, 3.05) is 0 Å². The fourth-order valence-corrected chi connectivity index (χ4v) is 2.85. The lowest BCUT2D eigenvalue weighted by Crippen LogP contribution is -2.23. The van der Waals surface area contributed by atoms with Crippen molar-refractivity contribution in [2.45, 2.75) is 45.7 Å². The molecule has 3 N–H and O–H groups in total. The SMILES string of the molecule is CCCc1nnsc1CNC(=O)CCc1cccc(CN)c1. The molecule has 6 heteroatoms. The first-order valence-corrected chi connectivity index (χ1v) is 8.35. The van der Waals surface area contributed by atoms with Crippen LogP contribution in [0.15, 0.2) is 24.3 Å². The smallest absolute Gasteiger partial charge is 0.220 e. The van der Waals surface area contributed by atoms with Crippen molar-refractivity contribution in [3.8, 4) is 0 Å². The average molecular weight is 318 g/mol. The molecule has 0 fully saturated rings. The summed E-state index contributed by atoms with van der Waals surface area (Å²) >= 11 is 1.36. The van der Waals surface area contributed by atoms with Crippen LogP contribution in [-0.4, -0.2) is 15.5 Å². The molecule has 0 spiro atoms. The normalized spacial score (nSPS) is 10.6. The van der Waals surface area contributed by atoms with Gasteiger partial charge in [-0.2, -0.15) is 0 Å². The first kappa shape index (κ1) is 16.6. The maximum Gasteiger partial charge on any atom is 0.220 e. The maximum atomic E-state index is 12.0. The molecule has 0 radical (unpaired) electrons. The summed E-state index contributed by atoms with van der Waals surface area (Å²) in [5.74, 6) is 0.0500. The number of carbonyl (C=O) groups excluding carboxylic acids is 1. The van der Waals surface area contributed by atoms with Gasteiger partial charge in [0.15, 0.2) is 0 Å². The van der Waals surface area contributed by atoms with E-state index in [0.29, 0.717) is 19.5 Å². The fourth-order valence-electron chi connectivity index (χ4n) is 2.23. The Morgan fingerprint density at radius 2 is 2.14 bits per heavy atom. The molecule has 0 saturated heterocycles. The molecule has 1 aromatic carbocycles. The highest BCUT2D eigenvalue weighted by atomic mass is 32.1. The molecule has 118 valence electrons. The Morgan fingerprint density at radius 1 is 1.32 bits per heavy atom. The number of benzene rings is 1. The van der Waals surface area contributed by atoms with E-state index in [0.717, 1.165) is 41.0 Å². The van der Waals surface area contributed by atoms with Gasteiger partial charge in [0.1, 0.15) is 0 Å². The van der Waals surface area contributed by atoms with Crippen LogP contribution >= 0.6 is 11.5 Å². The number of nitrogens with zero attached hydrogens (tertiary/aromatic N) is 2. The van der Waals surface area contributed by atoms with Gasteiger partial charge in [-0.25, -0.2) is 0 Å². The van der Waals surface area contributed by atoms with Gasteiger partial charge in [0, 0.05) is 13.0 Å². The second kappa shape index (κ2) is 8.60. The number of hydrogen-bond acceptors (Lipinski definition) is 5. The average Bonchev–Trinajstić information content (AvgIpc) is 2.99. The summed E-state index contributed by atoms with van der Waals surface area (Å²) in [6.45, 7) is 3.16. The van der Waals surface area contributed by atoms with Gasteiger partial charge in [0.05, 0.1) is 17.1 Å². The third kappa shape index (κ3) is 4.89. The van der Waals surface area contributed by atoms with E-state index in [9.17, 15) is 4.79 Å². The summed E-state index contributed by atoms with van der Waals surface area (Å²) in [6.07, 6.45) is 3.14. The predicted octanol–water partition coefficient (Wildman–Crippen LogP) is 2.20. The maximum absolute atomic E-state index is 12.0. The Morgan fingerprint density at radius 3 is 2.91 bits per heavy atom. The van der Waals surface area contributed by atoms with Gasteiger partial charge in [0.2, 0.25) is 5.91 Å². The minimum absolute atomic E-state index is 0.0500. The highest BCUT2D eigenvalue weighted by molar-refractivity contribution is 7.05. The zero-order valence-corrected chi connectivity index (χ0v) is 13.7. The first-order chi connectivity index (χ1) is 10.7. The molecule has 5 nitrogen and oxygen atoms in total. The van der Waals surface area contributed by atoms with Gasteiger partial charge >= 0.3 is 0 Å². The number of rotatable bonds is 8. The van der Waals surface area contributed by atoms with Crippen LogP contribution in [0.25, 0.3) is 0 Å². The van der Waals surface area contributed by atoms with Crippen molar-refractivity contribution in [2.24, 2.45) is 5.73 Å². The molecule has 0 saturated carbocycles. The lowest BCUT2D eigenvalue weighted by atomic mass is 10.1. The Kier molecular flexibility index (Phi) is 6.48. The van der Waals surface area contributed by atoms with E-state index >= 15 is 0 Å². The van der Waals surface area contributed by atoms with Gasteiger partial charge in [-0.05, 0) is 35.5 Å². The molecular formula is C16H22N4OS. The van der Waals surface area contributed by atoms with E-state index in [1.165, 1.54) is 11.5 Å². The van der Waals surface area contributed by atoms with Crippen LogP contribution in [0, 0.1) is 0 Å². The van der Waals surface area contributed by atoms with Gasteiger partial charge in [-0.3, -0.25) is 4.79 Å². The number of nitrogens with two attached hydrogens (primary N) is 1. The summed E-state index contributed by atoms with van der Waals surface area (Å²) < 4.78 is 3.96. The molecule has 2 aromatic rings. The number of nitrogens with one attached hydrogen (secondary N) is 1. The third-order valence-electron chi connectivity index (χ3n) is 3.44. The van der Waals surface area contributed by atoms with Crippen molar-refractivity contribution in [1.29, 1.82) is 0 Å². The van der Waals surface area contributed by atoms with Gasteiger partial charge in [-0.1, -0.05) is 42.1 Å². The second-order valence-corrected chi connectivity index (χ2v) is 6.03. The van der Waals surface area contributed by atoms with E-state index in [4.69, 9.17) is 5.73 Å². The van der Waals surface area contributed by atoms with Crippen LogP contribution in [0.3, 0.4) is 0 Å². The van der Waals surface area contributed by atoms with Crippen molar-refractivity contribution in [1.82, 2.24) is 14.9 Å². The molecule has 0 aliphatic heterocycles. The van der Waals surface area contributed by atoms with E-state index < -0.39 is 0 Å². The van der Waals surface area contributed by atoms with Crippen LogP contribution < -0.4 is 11.1 Å². The quantitative estimate of drug-likeness (QED) is 0.782. The van der Waals surface area contributed by atoms with Crippen molar-refractivity contribution in [3.63, 3.8) is 0 Å². The molecule has 0 aliphatic rings. The Bertz CT molecular complexity index is 612. The van der Waals surface area contributed by atoms with Gasteiger partial charge < -0.3 is 11.1 Å². The predicted molar refractivity (Wildman–Crippen MR) is 88.4 cm³/mol. The number of aromatic nitrogens is 2. The van der Waals surface area contributed by atoms with Crippen molar-refractivity contribution in [3.05, 3.63) is 46.0 Å². The fraction of sp³-hybridized carbons (Fsp3) is 0.438. The first-order valence-electron chi connectivity index (χ1n) is 7.57.